The Bertz CT molecular complexity index is 2210. The smallest absolute Gasteiger partial charge is 0.422 e. The lowest BCUT2D eigenvalue weighted by atomic mass is 9.96. The van der Waals surface area contributed by atoms with Crippen molar-refractivity contribution in [2.24, 2.45) is 5.92 Å². The van der Waals surface area contributed by atoms with Crippen LogP contribution in [0.2, 0.25) is 0 Å². The van der Waals surface area contributed by atoms with Crippen LogP contribution in [0.1, 0.15) is 24.1 Å². The van der Waals surface area contributed by atoms with Gasteiger partial charge in [-0.25, -0.2) is 17.7 Å². The van der Waals surface area contributed by atoms with E-state index in [1.807, 2.05) is 0 Å². The van der Waals surface area contributed by atoms with Gasteiger partial charge < -0.3 is 15.0 Å². The van der Waals surface area contributed by atoms with E-state index in [1.165, 1.54) is 66.0 Å². The fourth-order valence-corrected chi connectivity index (χ4v) is 8.36. The lowest BCUT2D eigenvalue weighted by Gasteiger charge is -2.38. The van der Waals surface area contributed by atoms with Crippen molar-refractivity contribution in [1.82, 2.24) is 19.5 Å². The van der Waals surface area contributed by atoms with E-state index in [4.69, 9.17) is 4.74 Å². The number of piperidine rings is 1. The number of amides is 1. The molecular formula is C35H32F3N7O6S2. The maximum absolute atomic E-state index is 15.2. The normalized spacial score (nSPS) is 15.0. The van der Waals surface area contributed by atoms with Crippen LogP contribution in [0.4, 0.5) is 30.2 Å². The molecule has 1 fully saturated rings. The highest BCUT2D eigenvalue weighted by Crippen LogP contribution is 2.48. The van der Waals surface area contributed by atoms with Crippen LogP contribution in [0.5, 0.6) is 11.5 Å². The molecule has 18 heteroatoms. The highest BCUT2D eigenvalue weighted by molar-refractivity contribution is 7.89. The Kier molecular flexibility index (Phi) is 11.0. The number of carbonyl (C=O) groups excluding carboxylic acids is 1. The van der Waals surface area contributed by atoms with Gasteiger partial charge in [0.15, 0.2) is 4.90 Å². The molecule has 53 heavy (non-hydrogen) atoms. The van der Waals surface area contributed by atoms with E-state index >= 15 is 13.2 Å². The van der Waals surface area contributed by atoms with Gasteiger partial charge in [-0.15, -0.1) is 11.3 Å². The second-order valence-corrected chi connectivity index (χ2v) is 15.1. The van der Waals surface area contributed by atoms with Crippen molar-refractivity contribution in [3.8, 4) is 22.1 Å². The summed E-state index contributed by atoms with van der Waals surface area (Å²) in [4.78, 5) is 29.7. The second kappa shape index (κ2) is 15.6. The number of halogens is 3. The number of nitro groups is 1. The number of benzene rings is 3. The Morgan fingerprint density at radius 2 is 1.85 bits per heavy atom. The van der Waals surface area contributed by atoms with Gasteiger partial charge in [0.2, 0.25) is 15.9 Å². The monoisotopic (exact) mass is 767 g/mol. The van der Waals surface area contributed by atoms with Crippen LogP contribution in [0.3, 0.4) is 0 Å². The maximum Gasteiger partial charge on any atom is 0.422 e. The number of para-hydroxylation sites is 2. The summed E-state index contributed by atoms with van der Waals surface area (Å²) in [5.74, 6) is -1.40. The van der Waals surface area contributed by atoms with Gasteiger partial charge in [-0.3, -0.25) is 14.9 Å². The molecule has 3 aromatic carbocycles. The lowest BCUT2D eigenvalue weighted by molar-refractivity contribution is -0.387. The number of nitrogens with zero attached hydrogens (tertiary/aromatic N) is 6. The number of nitrogens with one attached hydrogen (secondary N) is 1. The summed E-state index contributed by atoms with van der Waals surface area (Å²) in [5, 5.41) is 24.1. The minimum Gasteiger partial charge on any atom is -0.457 e. The first-order valence-corrected chi connectivity index (χ1v) is 18.6. The van der Waals surface area contributed by atoms with Gasteiger partial charge in [0, 0.05) is 43.7 Å². The molecule has 0 aliphatic carbocycles. The van der Waals surface area contributed by atoms with E-state index in [-0.39, 0.29) is 43.2 Å². The lowest BCUT2D eigenvalue weighted by Crippen LogP contribution is -2.42. The molecule has 1 aliphatic heterocycles. The maximum atomic E-state index is 15.2. The van der Waals surface area contributed by atoms with Gasteiger partial charge in [0.25, 0.3) is 5.69 Å². The standard InChI is InChI=1S/C35H32F3N7O6S2/c1-43(53(49,50)30-12-6-5-11-28(30)45(47)48)20-23-8-7-17-44(21-23)33-27(13-14-29(32(33)35(36,37)38)51-26-9-3-2-4-10-26)42-31(46)18-25-22-52-34(41-25)24-15-16-39-40-19-24/h2-6,9-16,19,22-23H,7-8,17-18,20-21H2,1H3,(H,42,46)/t23-/m1/s1. The van der Waals surface area contributed by atoms with Crippen molar-refractivity contribution in [1.29, 1.82) is 0 Å². The topological polar surface area (TPSA) is 161 Å². The van der Waals surface area contributed by atoms with Crippen molar-refractivity contribution in [2.75, 3.05) is 36.9 Å². The average molecular weight is 768 g/mol. The fourth-order valence-electron chi connectivity index (χ4n) is 6.15. The van der Waals surface area contributed by atoms with Crippen molar-refractivity contribution in [2.45, 2.75) is 30.3 Å². The third kappa shape index (κ3) is 8.61. The predicted molar refractivity (Wildman–Crippen MR) is 191 cm³/mol. The van der Waals surface area contributed by atoms with E-state index in [0.717, 1.165) is 22.5 Å². The van der Waals surface area contributed by atoms with Gasteiger partial charge in [-0.05, 0) is 55.2 Å². The molecular weight excluding hydrogens is 736 g/mol. The summed E-state index contributed by atoms with van der Waals surface area (Å²) in [6, 6.07) is 17.2. The zero-order valence-electron chi connectivity index (χ0n) is 28.1. The summed E-state index contributed by atoms with van der Waals surface area (Å²) in [5.41, 5.74) is -1.03. The molecule has 1 amide bonds. The molecule has 0 spiro atoms. The van der Waals surface area contributed by atoms with Crippen molar-refractivity contribution >= 4 is 44.3 Å². The summed E-state index contributed by atoms with van der Waals surface area (Å²) in [6.45, 7) is 0.00740. The molecule has 0 bridgehead atoms. The summed E-state index contributed by atoms with van der Waals surface area (Å²) in [6.07, 6.45) is -1.28. The molecule has 0 unspecified atom stereocenters. The minimum absolute atomic E-state index is 0.0209. The molecule has 6 rings (SSSR count). The number of alkyl halides is 3. The molecule has 1 saturated heterocycles. The molecule has 0 saturated carbocycles. The molecule has 1 N–H and O–H groups in total. The molecule has 2 aromatic heterocycles. The molecule has 0 radical (unpaired) electrons. The first kappa shape index (κ1) is 37.3. The van der Waals surface area contributed by atoms with E-state index in [1.54, 1.807) is 29.6 Å². The molecule has 276 valence electrons. The number of sulfonamides is 1. The molecule has 3 heterocycles. The fraction of sp³-hybridized carbons (Fsp3) is 0.257. The van der Waals surface area contributed by atoms with E-state index in [9.17, 15) is 23.3 Å². The number of aromatic nitrogens is 3. The van der Waals surface area contributed by atoms with Crippen molar-refractivity contribution in [3.05, 3.63) is 112 Å². The van der Waals surface area contributed by atoms with Gasteiger partial charge >= 0.3 is 6.18 Å². The first-order chi connectivity index (χ1) is 25.3. The third-order valence-electron chi connectivity index (χ3n) is 8.49. The summed E-state index contributed by atoms with van der Waals surface area (Å²) < 4.78 is 79.2. The van der Waals surface area contributed by atoms with Gasteiger partial charge in [0.05, 0.1) is 40.8 Å². The van der Waals surface area contributed by atoms with Crippen molar-refractivity contribution < 1.29 is 36.0 Å². The zero-order valence-corrected chi connectivity index (χ0v) is 29.7. The Balaban J connectivity index is 1.31. The van der Waals surface area contributed by atoms with Crippen LogP contribution < -0.4 is 15.0 Å². The van der Waals surface area contributed by atoms with Crippen LogP contribution in [-0.4, -0.2) is 65.4 Å². The van der Waals surface area contributed by atoms with E-state index < -0.39 is 54.8 Å². The van der Waals surface area contributed by atoms with Crippen LogP contribution in [0.15, 0.2) is 95.5 Å². The Morgan fingerprint density at radius 3 is 2.57 bits per heavy atom. The zero-order chi connectivity index (χ0) is 37.8. The first-order valence-electron chi connectivity index (χ1n) is 16.2. The number of ether oxygens (including phenoxy) is 1. The SMILES string of the molecule is CN(C[C@H]1CCCN(c2c(NC(=O)Cc3csc(-c4ccnnc4)n3)ccc(Oc3ccccc3)c2C(F)(F)F)C1)S(=O)(=O)c1ccccc1[N+](=O)[O-]. The number of thiazole rings is 1. The minimum atomic E-state index is -4.94. The van der Waals surface area contributed by atoms with E-state index in [0.29, 0.717) is 29.1 Å². The second-order valence-electron chi connectivity index (χ2n) is 12.2. The third-order valence-corrected chi connectivity index (χ3v) is 11.3. The van der Waals surface area contributed by atoms with Gasteiger partial charge in [-0.1, -0.05) is 30.3 Å². The molecule has 13 nitrogen and oxygen atoms in total. The van der Waals surface area contributed by atoms with Crippen molar-refractivity contribution in [3.63, 3.8) is 0 Å². The highest BCUT2D eigenvalue weighted by atomic mass is 32.2. The predicted octanol–water partition coefficient (Wildman–Crippen LogP) is 7.04. The quantitative estimate of drug-likeness (QED) is 0.103. The Morgan fingerprint density at radius 1 is 1.09 bits per heavy atom. The molecule has 1 atom stereocenters. The Hall–Kier alpha value is -5.46. The average Bonchev–Trinajstić information content (AvgIpc) is 3.60. The van der Waals surface area contributed by atoms with Crippen LogP contribution >= 0.6 is 11.3 Å². The van der Waals surface area contributed by atoms with Gasteiger partial charge in [-0.2, -0.15) is 23.4 Å². The molecule has 1 aliphatic rings. The van der Waals surface area contributed by atoms with Crippen LogP contribution in [0.25, 0.3) is 10.6 Å². The van der Waals surface area contributed by atoms with Gasteiger partial charge in [0.1, 0.15) is 22.1 Å². The number of anilines is 2. The number of rotatable bonds is 12. The number of nitro benzene ring substituents is 1. The number of hydrogen-bond acceptors (Lipinski definition) is 11. The number of carbonyl (C=O) groups is 1. The summed E-state index contributed by atoms with van der Waals surface area (Å²) in [7, 11) is -3.06. The number of hydrogen-bond donors (Lipinski definition) is 1. The largest absolute Gasteiger partial charge is 0.457 e. The Labute approximate surface area is 306 Å². The van der Waals surface area contributed by atoms with E-state index in [2.05, 4.69) is 20.5 Å². The summed E-state index contributed by atoms with van der Waals surface area (Å²) >= 11 is 1.28. The van der Waals surface area contributed by atoms with Crippen LogP contribution in [0, 0.1) is 16.0 Å². The van der Waals surface area contributed by atoms with Crippen LogP contribution in [-0.2, 0) is 27.4 Å². The molecule has 5 aromatic rings. The highest BCUT2D eigenvalue weighted by Gasteiger charge is 2.42.